The van der Waals surface area contributed by atoms with Gasteiger partial charge in [0.15, 0.2) is 0 Å². The van der Waals surface area contributed by atoms with Gasteiger partial charge in [0, 0.05) is 17.4 Å². The van der Waals surface area contributed by atoms with Crippen LogP contribution in [-0.2, 0) is 6.54 Å². The molecule has 1 heterocycles. The van der Waals surface area contributed by atoms with Gasteiger partial charge in [0.2, 0.25) is 0 Å². The number of hydrogen-bond acceptors (Lipinski definition) is 2. The fraction of sp³-hybridized carbons (Fsp3) is 0.0588. The summed E-state index contributed by atoms with van der Waals surface area (Å²) in [5.74, 6) is -0.0265. The highest BCUT2D eigenvalue weighted by atomic mass is 16.3. The average molecular weight is 278 g/mol. The van der Waals surface area contributed by atoms with Gasteiger partial charge < -0.3 is 15.4 Å². The highest BCUT2D eigenvalue weighted by Gasteiger charge is 2.09. The van der Waals surface area contributed by atoms with E-state index in [0.29, 0.717) is 17.8 Å². The lowest BCUT2D eigenvalue weighted by Crippen LogP contribution is -2.23. The molecule has 2 aromatic carbocycles. The van der Waals surface area contributed by atoms with Gasteiger partial charge >= 0.3 is 0 Å². The summed E-state index contributed by atoms with van der Waals surface area (Å²) in [7, 11) is 0. The zero-order chi connectivity index (χ0) is 14.8. The Hall–Kier alpha value is -2.75. The summed E-state index contributed by atoms with van der Waals surface area (Å²) in [6, 6.07) is 14.0. The summed E-state index contributed by atoms with van der Waals surface area (Å²) in [6.45, 7) is 6.11. The van der Waals surface area contributed by atoms with Gasteiger partial charge in [-0.2, -0.15) is 0 Å². The average Bonchev–Trinajstić information content (AvgIpc) is 2.88. The molecule has 4 nitrogen and oxygen atoms in total. The molecule has 21 heavy (non-hydrogen) atoms. The third kappa shape index (κ3) is 2.89. The number of rotatable bonds is 3. The molecule has 0 fully saturated rings. The molecular weight excluding hydrogens is 264 g/mol. The molecule has 1 amide bonds. The number of carbonyl (C=O) groups is 1. The van der Waals surface area contributed by atoms with Crippen molar-refractivity contribution in [2.45, 2.75) is 6.54 Å². The molecule has 3 N–H and O–H groups in total. The summed E-state index contributed by atoms with van der Waals surface area (Å²) in [4.78, 5) is 15.1. The Morgan fingerprint density at radius 3 is 2.86 bits per heavy atom. The molecule has 0 spiro atoms. The smallest absolute Gasteiger partial charge is 0.267 e. The van der Waals surface area contributed by atoms with E-state index in [0.717, 1.165) is 16.5 Å². The number of amides is 1. The Morgan fingerprint density at radius 1 is 1.19 bits per heavy atom. The largest absolute Gasteiger partial charge is 0.508 e. The molecule has 0 aliphatic heterocycles. The monoisotopic (exact) mass is 278 g/mol. The van der Waals surface area contributed by atoms with Crippen molar-refractivity contribution in [3.63, 3.8) is 0 Å². The summed E-state index contributed by atoms with van der Waals surface area (Å²) in [5.41, 5.74) is 2.88. The zero-order valence-electron chi connectivity index (χ0n) is 11.3. The van der Waals surface area contributed by atoms with Crippen LogP contribution in [0.2, 0.25) is 0 Å². The molecule has 3 rings (SSSR count). The van der Waals surface area contributed by atoms with Crippen LogP contribution in [0.25, 0.3) is 10.9 Å². The van der Waals surface area contributed by atoms with Gasteiger partial charge in [0.25, 0.3) is 5.91 Å². The van der Waals surface area contributed by atoms with Crippen molar-refractivity contribution in [1.29, 1.82) is 0 Å². The van der Waals surface area contributed by atoms with E-state index in [1.165, 1.54) is 0 Å². The summed E-state index contributed by atoms with van der Waals surface area (Å²) in [5, 5.41) is 13.1. The number of aromatic hydroxyl groups is 1. The Bertz CT molecular complexity index is 805. The van der Waals surface area contributed by atoms with Crippen molar-refractivity contribution in [2.75, 3.05) is 0 Å². The summed E-state index contributed by atoms with van der Waals surface area (Å²) < 4.78 is 0. The number of aromatic nitrogens is 1. The lowest BCUT2D eigenvalue weighted by Gasteiger charge is -2.04. The second kappa shape index (κ2) is 5.32. The zero-order valence-corrected chi connectivity index (χ0v) is 11.3. The quantitative estimate of drug-likeness (QED) is 0.689. The van der Waals surface area contributed by atoms with Crippen LogP contribution in [0, 0.1) is 6.92 Å². The molecule has 104 valence electrons. The minimum Gasteiger partial charge on any atom is -0.508 e. The topological polar surface area (TPSA) is 65.1 Å². The fourth-order valence-corrected chi connectivity index (χ4v) is 2.22. The first kappa shape index (κ1) is 13.2. The minimum atomic E-state index is -0.201. The molecule has 3 aromatic rings. The van der Waals surface area contributed by atoms with Crippen LogP contribution < -0.4 is 5.32 Å². The first-order valence-corrected chi connectivity index (χ1v) is 6.56. The standard InChI is InChI=1S/C17H14N2O2/c1-11-3-2-4-12(7-11)10-18-17(21)16-9-13-8-14(20)5-6-15(13)19-16/h1-9,19-20H,10H2,(H,18,21). The molecule has 2 radical (unpaired) electrons. The maximum absolute atomic E-state index is 12.1. The number of fused-ring (bicyclic) bond motifs is 1. The van der Waals surface area contributed by atoms with Crippen LogP contribution in [0.1, 0.15) is 21.6 Å². The molecule has 0 saturated heterocycles. The highest BCUT2D eigenvalue weighted by Crippen LogP contribution is 2.20. The first-order valence-electron chi connectivity index (χ1n) is 6.56. The van der Waals surface area contributed by atoms with Crippen molar-refractivity contribution in [3.05, 3.63) is 72.3 Å². The molecule has 0 atom stereocenters. The van der Waals surface area contributed by atoms with E-state index >= 15 is 0 Å². The number of benzene rings is 2. The first-order chi connectivity index (χ1) is 10.1. The van der Waals surface area contributed by atoms with Crippen LogP contribution in [0.3, 0.4) is 0 Å². The van der Waals surface area contributed by atoms with Gasteiger partial charge in [-0.25, -0.2) is 0 Å². The maximum atomic E-state index is 12.1. The van der Waals surface area contributed by atoms with Crippen LogP contribution in [0.5, 0.6) is 5.75 Å². The summed E-state index contributed by atoms with van der Waals surface area (Å²) in [6.07, 6.45) is 0. The number of nitrogens with one attached hydrogen (secondary N) is 2. The Labute approximate surface area is 122 Å². The minimum absolute atomic E-state index is 0.174. The van der Waals surface area contributed by atoms with Crippen molar-refractivity contribution < 1.29 is 9.90 Å². The van der Waals surface area contributed by atoms with Crippen molar-refractivity contribution in [2.24, 2.45) is 0 Å². The predicted molar refractivity (Wildman–Crippen MR) is 81.0 cm³/mol. The van der Waals surface area contributed by atoms with Gasteiger partial charge in [-0.15, -0.1) is 0 Å². The van der Waals surface area contributed by atoms with Crippen molar-refractivity contribution >= 4 is 16.8 Å². The van der Waals surface area contributed by atoms with E-state index in [1.54, 1.807) is 30.3 Å². The second-order valence-corrected chi connectivity index (χ2v) is 4.88. The molecule has 0 bridgehead atoms. The fourth-order valence-electron chi connectivity index (χ4n) is 2.22. The van der Waals surface area contributed by atoms with E-state index in [-0.39, 0.29) is 11.7 Å². The van der Waals surface area contributed by atoms with Crippen molar-refractivity contribution in [3.8, 4) is 5.75 Å². The Morgan fingerprint density at radius 2 is 2.05 bits per heavy atom. The number of H-pyrrole nitrogens is 1. The highest BCUT2D eigenvalue weighted by molar-refractivity contribution is 5.98. The van der Waals surface area contributed by atoms with Crippen LogP contribution in [-0.4, -0.2) is 16.0 Å². The van der Waals surface area contributed by atoms with E-state index in [2.05, 4.69) is 10.3 Å². The normalized spacial score (nSPS) is 10.7. The van der Waals surface area contributed by atoms with Gasteiger partial charge in [-0.1, -0.05) is 24.3 Å². The van der Waals surface area contributed by atoms with Crippen LogP contribution in [0.4, 0.5) is 0 Å². The van der Waals surface area contributed by atoms with E-state index in [1.807, 2.05) is 18.2 Å². The Balaban J connectivity index is 1.74. The van der Waals surface area contributed by atoms with Gasteiger partial charge in [0.05, 0.1) is 0 Å². The summed E-state index contributed by atoms with van der Waals surface area (Å²) >= 11 is 0. The predicted octanol–water partition coefficient (Wildman–Crippen LogP) is 2.86. The van der Waals surface area contributed by atoms with E-state index in [4.69, 9.17) is 6.92 Å². The number of phenolic OH excluding ortho intramolecular Hbond substituents is 1. The van der Waals surface area contributed by atoms with E-state index in [9.17, 15) is 9.90 Å². The molecule has 0 unspecified atom stereocenters. The lowest BCUT2D eigenvalue weighted by atomic mass is 10.1. The number of carbonyl (C=O) groups excluding carboxylic acids is 1. The molecular formula is C17H14N2O2. The molecule has 0 aliphatic carbocycles. The number of phenols is 1. The number of aromatic amines is 1. The SMILES string of the molecule is [CH]c1cccc(CNC(=O)c2cc3cc(O)ccc3[nH]2)c1. The molecule has 1 aromatic heterocycles. The van der Waals surface area contributed by atoms with Crippen LogP contribution >= 0.6 is 0 Å². The molecule has 4 heteroatoms. The third-order valence-corrected chi connectivity index (χ3v) is 3.25. The van der Waals surface area contributed by atoms with E-state index < -0.39 is 0 Å². The number of hydrogen-bond donors (Lipinski definition) is 3. The molecule has 0 saturated carbocycles. The van der Waals surface area contributed by atoms with Crippen molar-refractivity contribution in [1.82, 2.24) is 10.3 Å². The van der Waals surface area contributed by atoms with Gasteiger partial charge in [0.1, 0.15) is 11.4 Å². The maximum Gasteiger partial charge on any atom is 0.267 e. The third-order valence-electron chi connectivity index (χ3n) is 3.25. The van der Waals surface area contributed by atoms with Crippen LogP contribution in [0.15, 0.2) is 48.5 Å². The lowest BCUT2D eigenvalue weighted by molar-refractivity contribution is 0.0946. The van der Waals surface area contributed by atoms with Gasteiger partial charge in [-0.05, 0) is 42.3 Å². The molecule has 0 aliphatic rings. The van der Waals surface area contributed by atoms with Gasteiger partial charge in [-0.3, -0.25) is 4.79 Å². The second-order valence-electron chi connectivity index (χ2n) is 4.88. The Kier molecular flexibility index (Phi) is 3.36.